The molecule has 0 unspecified atom stereocenters. The number of rotatable bonds is 9. The van der Waals surface area contributed by atoms with E-state index in [2.05, 4.69) is 96.5 Å². The van der Waals surface area contributed by atoms with Crippen molar-refractivity contribution in [2.24, 2.45) is 5.92 Å². The Labute approximate surface area is 270 Å². The summed E-state index contributed by atoms with van der Waals surface area (Å²) >= 11 is 0. The highest BCUT2D eigenvalue weighted by Gasteiger charge is 2.56. The first-order valence-electron chi connectivity index (χ1n) is 15.8. The Hall–Kier alpha value is -4.22. The van der Waals surface area contributed by atoms with Gasteiger partial charge in [0.05, 0.1) is 18.5 Å². The van der Waals surface area contributed by atoms with E-state index in [4.69, 9.17) is 9.16 Å². The summed E-state index contributed by atoms with van der Waals surface area (Å²) in [7, 11) is -2.86. The fourth-order valence-electron chi connectivity index (χ4n) is 6.76. The van der Waals surface area contributed by atoms with Crippen molar-refractivity contribution in [2.75, 3.05) is 11.9 Å². The van der Waals surface area contributed by atoms with Gasteiger partial charge in [0.25, 0.3) is 14.2 Å². The summed E-state index contributed by atoms with van der Waals surface area (Å²) in [4.78, 5) is 26.2. The van der Waals surface area contributed by atoms with Crippen LogP contribution in [0.5, 0.6) is 0 Å². The van der Waals surface area contributed by atoms with Crippen LogP contribution in [0.25, 0.3) is 11.2 Å². The van der Waals surface area contributed by atoms with E-state index in [0.29, 0.717) is 29.8 Å². The molecule has 5 aromatic rings. The number of aliphatic hydroxyl groups is 1. The Balaban J connectivity index is 1.33. The number of nitrogens with one attached hydrogen (secondary N) is 1. The lowest BCUT2D eigenvalue weighted by molar-refractivity contribution is -0.112. The molecule has 0 aliphatic carbocycles. The Morgan fingerprint density at radius 1 is 0.957 bits per heavy atom. The van der Waals surface area contributed by atoms with Crippen molar-refractivity contribution in [3.05, 3.63) is 109 Å². The molecule has 10 heteroatoms. The molecule has 0 spiro atoms. The van der Waals surface area contributed by atoms with Crippen LogP contribution in [0.1, 0.15) is 57.6 Å². The van der Waals surface area contributed by atoms with Gasteiger partial charge in [0, 0.05) is 11.5 Å². The first kappa shape index (κ1) is 31.7. The fourth-order valence-corrected chi connectivity index (χ4v) is 11.4. The maximum Gasteiger partial charge on any atom is 0.261 e. The van der Waals surface area contributed by atoms with Gasteiger partial charge in [-0.1, -0.05) is 113 Å². The van der Waals surface area contributed by atoms with Crippen molar-refractivity contribution >= 4 is 41.6 Å². The van der Waals surface area contributed by atoms with Gasteiger partial charge in [-0.15, -0.1) is 0 Å². The largest absolute Gasteiger partial charge is 0.404 e. The molecule has 0 radical (unpaired) electrons. The molecule has 3 heterocycles. The second kappa shape index (κ2) is 12.5. The van der Waals surface area contributed by atoms with Crippen molar-refractivity contribution in [2.45, 2.75) is 64.0 Å². The first-order chi connectivity index (χ1) is 22.1. The van der Waals surface area contributed by atoms with Crippen molar-refractivity contribution < 1.29 is 19.1 Å². The first-order valence-corrected chi connectivity index (χ1v) is 17.7. The maximum atomic E-state index is 12.9. The van der Waals surface area contributed by atoms with Crippen LogP contribution < -0.4 is 15.7 Å². The third-order valence-electron chi connectivity index (χ3n) is 9.44. The van der Waals surface area contributed by atoms with Crippen molar-refractivity contribution in [3.63, 3.8) is 0 Å². The highest BCUT2D eigenvalue weighted by atomic mass is 28.4. The van der Waals surface area contributed by atoms with Crippen LogP contribution in [0.2, 0.25) is 5.04 Å². The summed E-state index contributed by atoms with van der Waals surface area (Å²) in [5, 5.41) is 16.7. The average molecular weight is 636 g/mol. The van der Waals surface area contributed by atoms with Crippen molar-refractivity contribution in [1.29, 1.82) is 0 Å². The molecule has 2 aromatic heterocycles. The van der Waals surface area contributed by atoms with Gasteiger partial charge in [0.15, 0.2) is 23.2 Å². The summed E-state index contributed by atoms with van der Waals surface area (Å²) in [6.07, 6.45) is 1.96. The lowest BCUT2D eigenvalue weighted by Crippen LogP contribution is -2.67. The second-order valence-electron chi connectivity index (χ2n) is 13.0. The number of nitrogens with zero attached hydrogens (tertiary/aromatic N) is 4. The van der Waals surface area contributed by atoms with Gasteiger partial charge in [0.1, 0.15) is 12.4 Å². The zero-order valence-electron chi connectivity index (χ0n) is 26.9. The number of hydrogen-bond acceptors (Lipinski definition) is 7. The predicted octanol–water partition coefficient (Wildman–Crippen LogP) is 5.33. The van der Waals surface area contributed by atoms with E-state index >= 15 is 0 Å². The lowest BCUT2D eigenvalue weighted by atomic mass is 9.85. The summed E-state index contributed by atoms with van der Waals surface area (Å²) in [6, 6.07) is 30.0. The number of anilines is 1. The van der Waals surface area contributed by atoms with E-state index in [1.807, 2.05) is 25.1 Å². The molecule has 1 aliphatic rings. The highest BCUT2D eigenvalue weighted by molar-refractivity contribution is 6.99. The predicted molar refractivity (Wildman–Crippen MR) is 182 cm³/mol. The highest BCUT2D eigenvalue weighted by Crippen LogP contribution is 2.46. The van der Waals surface area contributed by atoms with Crippen LogP contribution in [0.3, 0.4) is 0 Å². The third kappa shape index (κ3) is 5.45. The van der Waals surface area contributed by atoms with E-state index in [1.54, 1.807) is 35.2 Å². The molecule has 0 bridgehead atoms. The van der Waals surface area contributed by atoms with Gasteiger partial charge in [-0.25, -0.2) is 15.0 Å². The average Bonchev–Trinajstić information content (AvgIpc) is 3.61. The molecule has 1 amide bonds. The van der Waals surface area contributed by atoms with Gasteiger partial charge in [0.2, 0.25) is 0 Å². The quantitative estimate of drug-likeness (QED) is 0.211. The minimum Gasteiger partial charge on any atom is -0.404 e. The Bertz CT molecular complexity index is 1760. The van der Waals surface area contributed by atoms with Gasteiger partial charge in [-0.2, -0.15) is 0 Å². The van der Waals surface area contributed by atoms with Gasteiger partial charge < -0.3 is 19.6 Å². The number of carbonyl (C=O) groups excluding carboxylic acids is 1. The number of fused-ring (bicyclic) bond motifs is 1. The molecule has 1 fully saturated rings. The van der Waals surface area contributed by atoms with Gasteiger partial charge in [-0.05, 0) is 34.0 Å². The van der Waals surface area contributed by atoms with Gasteiger partial charge in [-0.3, -0.25) is 9.36 Å². The topological polar surface area (TPSA) is 111 Å². The molecule has 238 valence electrons. The summed E-state index contributed by atoms with van der Waals surface area (Å²) in [5.74, 6) is -0.279. The van der Waals surface area contributed by atoms with E-state index in [0.717, 1.165) is 0 Å². The maximum absolute atomic E-state index is 12.9. The number of aliphatic hydroxyl groups excluding tert-OH is 1. The summed E-state index contributed by atoms with van der Waals surface area (Å²) in [5.41, 5.74) is 0.582. The number of hydrogen-bond donors (Lipinski definition) is 2. The molecule has 0 saturated carbocycles. The number of amides is 1. The monoisotopic (exact) mass is 635 g/mol. The lowest BCUT2D eigenvalue weighted by Gasteiger charge is -2.45. The molecule has 3 aromatic carbocycles. The number of carbonyl (C=O) groups is 1. The normalized spacial score (nSPS) is 21.8. The molecular weight excluding hydrogens is 595 g/mol. The Morgan fingerprint density at radius 3 is 2.11 bits per heavy atom. The molecule has 9 nitrogen and oxygen atoms in total. The van der Waals surface area contributed by atoms with E-state index in [9.17, 15) is 9.90 Å². The van der Waals surface area contributed by atoms with Crippen LogP contribution in [0.15, 0.2) is 104 Å². The van der Waals surface area contributed by atoms with E-state index < -0.39 is 26.3 Å². The summed E-state index contributed by atoms with van der Waals surface area (Å²) < 4.78 is 15.9. The zero-order valence-corrected chi connectivity index (χ0v) is 27.9. The van der Waals surface area contributed by atoms with E-state index in [1.165, 1.54) is 16.7 Å². The number of ether oxygens (including phenoxy) is 1. The third-order valence-corrected chi connectivity index (χ3v) is 14.4. The standard InChI is InChI=1S/C36H41N5O4Si/c1-6-36(22-44-46(35(3,4)5,27-18-12-8-13-19-27)28-20-14-9-15-21-28)25(2)30(42)34(45-36)41-24-39-29-31(37-23-38-32(29)41)40-33(43)26-16-10-7-11-17-26/h7-21,23-25,30,34,42H,6,22H2,1-5H3,(H,37,38,40,43)/t25-,30-,34+,36-/m0/s1. The molecule has 1 saturated heterocycles. The minimum absolute atomic E-state index is 0.206. The number of aromatic nitrogens is 4. The smallest absolute Gasteiger partial charge is 0.261 e. The number of benzene rings is 3. The molecule has 1 aliphatic heterocycles. The van der Waals surface area contributed by atoms with Crippen LogP contribution in [0.4, 0.5) is 5.82 Å². The number of imidazole rings is 1. The second-order valence-corrected chi connectivity index (χ2v) is 17.3. The Morgan fingerprint density at radius 2 is 1.54 bits per heavy atom. The molecule has 6 rings (SSSR count). The Kier molecular flexibility index (Phi) is 8.64. The summed E-state index contributed by atoms with van der Waals surface area (Å²) in [6.45, 7) is 11.1. The van der Waals surface area contributed by atoms with Crippen LogP contribution in [-0.4, -0.2) is 57.2 Å². The minimum atomic E-state index is -2.86. The SMILES string of the molecule is CC[C@@]1(CO[Si](c2ccccc2)(c2ccccc2)C(C)(C)C)O[C@@H](n2cnc3c(NC(=O)c4ccccc4)ncnc32)[C@@H](O)[C@@H]1C. The van der Waals surface area contributed by atoms with E-state index in [-0.39, 0.29) is 22.7 Å². The van der Waals surface area contributed by atoms with Crippen LogP contribution in [0, 0.1) is 5.92 Å². The fraction of sp³-hybridized carbons (Fsp3) is 0.333. The van der Waals surface area contributed by atoms with Crippen molar-refractivity contribution in [1.82, 2.24) is 19.5 Å². The molecule has 46 heavy (non-hydrogen) atoms. The van der Waals surface area contributed by atoms with Crippen LogP contribution >= 0.6 is 0 Å². The molecular formula is C36H41N5O4Si. The zero-order chi connectivity index (χ0) is 32.5. The van der Waals surface area contributed by atoms with Crippen molar-refractivity contribution in [3.8, 4) is 0 Å². The van der Waals surface area contributed by atoms with Gasteiger partial charge >= 0.3 is 0 Å². The molecule has 4 atom stereocenters. The van der Waals surface area contributed by atoms with Crippen LogP contribution in [-0.2, 0) is 9.16 Å². The molecule has 2 N–H and O–H groups in total.